The Morgan fingerprint density at radius 3 is 2.61 bits per heavy atom. The molecule has 0 spiro atoms. The molecular formula is C25H18ClN5O5. The molecule has 0 unspecified atom stereocenters. The second kappa shape index (κ2) is 8.21. The Morgan fingerprint density at radius 1 is 0.972 bits per heavy atom. The van der Waals surface area contributed by atoms with Gasteiger partial charge in [0, 0.05) is 28.6 Å². The lowest BCUT2D eigenvalue weighted by Crippen LogP contribution is -2.16. The van der Waals surface area contributed by atoms with Crippen LogP contribution in [-0.4, -0.2) is 28.4 Å². The number of nitrogens with one attached hydrogen (secondary N) is 1. The Morgan fingerprint density at radius 2 is 1.78 bits per heavy atom. The van der Waals surface area contributed by atoms with Crippen LogP contribution < -0.4 is 31.0 Å². The Balaban J connectivity index is 1.45. The molecule has 11 heteroatoms. The number of hydrogen-bond donors (Lipinski definition) is 3. The largest absolute Gasteiger partial charge is 0.488 e. The first-order valence-corrected chi connectivity index (χ1v) is 11.2. The zero-order chi connectivity index (χ0) is 25.0. The molecule has 1 aromatic heterocycles. The number of rotatable bonds is 4. The van der Waals surface area contributed by atoms with Crippen LogP contribution in [0.3, 0.4) is 0 Å². The molecule has 2 aliphatic rings. The lowest BCUT2D eigenvalue weighted by Gasteiger charge is -2.21. The van der Waals surface area contributed by atoms with E-state index in [4.69, 9.17) is 37.3 Å². The summed E-state index contributed by atoms with van der Waals surface area (Å²) in [5.74, 6) is 0.624. The SMILES string of the molecule is NC(=O)c1nn(-c2ccc3c(c2)OCO3)c2c1COc1ccc(NC(=O)c3cc(N)ccc3Cl)cc1-2. The van der Waals surface area contributed by atoms with E-state index < -0.39 is 11.8 Å². The highest BCUT2D eigenvalue weighted by Gasteiger charge is 2.30. The van der Waals surface area contributed by atoms with Gasteiger partial charge in [-0.1, -0.05) is 11.6 Å². The molecule has 0 fully saturated rings. The highest BCUT2D eigenvalue weighted by atomic mass is 35.5. The molecule has 0 saturated heterocycles. The van der Waals surface area contributed by atoms with E-state index >= 15 is 0 Å². The van der Waals surface area contributed by atoms with Crippen molar-refractivity contribution in [2.24, 2.45) is 5.73 Å². The number of benzene rings is 3. The molecule has 2 aliphatic heterocycles. The number of carbonyl (C=O) groups is 2. The zero-order valence-corrected chi connectivity index (χ0v) is 19.3. The van der Waals surface area contributed by atoms with Gasteiger partial charge in [0.05, 0.1) is 22.0 Å². The minimum absolute atomic E-state index is 0.0919. The molecule has 0 atom stereocenters. The van der Waals surface area contributed by atoms with Crippen molar-refractivity contribution in [3.8, 4) is 34.2 Å². The van der Waals surface area contributed by atoms with Crippen LogP contribution in [0.4, 0.5) is 11.4 Å². The molecule has 4 aromatic rings. The van der Waals surface area contributed by atoms with E-state index in [0.717, 1.165) is 0 Å². The van der Waals surface area contributed by atoms with Gasteiger partial charge in [-0.15, -0.1) is 0 Å². The summed E-state index contributed by atoms with van der Waals surface area (Å²) in [5.41, 5.74) is 15.1. The molecule has 3 aromatic carbocycles. The van der Waals surface area contributed by atoms with Crippen molar-refractivity contribution in [1.82, 2.24) is 9.78 Å². The number of nitrogen functional groups attached to an aromatic ring is 1. The Bertz CT molecular complexity index is 1580. The molecular weight excluding hydrogens is 486 g/mol. The Hall–Kier alpha value is -4.70. The van der Waals surface area contributed by atoms with Gasteiger partial charge in [0.15, 0.2) is 17.2 Å². The van der Waals surface area contributed by atoms with Crippen LogP contribution in [0.15, 0.2) is 54.6 Å². The Labute approximate surface area is 209 Å². The Kier molecular flexibility index (Phi) is 4.97. The van der Waals surface area contributed by atoms with E-state index in [-0.39, 0.29) is 29.7 Å². The predicted octanol–water partition coefficient (Wildman–Crippen LogP) is 3.75. The van der Waals surface area contributed by atoms with E-state index in [1.165, 1.54) is 6.07 Å². The highest BCUT2D eigenvalue weighted by Crippen LogP contribution is 2.43. The quantitative estimate of drug-likeness (QED) is 0.360. The first-order valence-electron chi connectivity index (χ1n) is 10.8. The number of carbonyl (C=O) groups excluding carboxylic acids is 2. The maximum absolute atomic E-state index is 12.9. The number of hydrogen-bond acceptors (Lipinski definition) is 7. The third-order valence-electron chi connectivity index (χ3n) is 5.92. The monoisotopic (exact) mass is 503 g/mol. The minimum atomic E-state index is -0.682. The van der Waals surface area contributed by atoms with Gasteiger partial charge in [0.2, 0.25) is 6.79 Å². The van der Waals surface area contributed by atoms with Gasteiger partial charge in [-0.25, -0.2) is 4.68 Å². The summed E-state index contributed by atoms with van der Waals surface area (Å²) in [6.07, 6.45) is 0. The lowest BCUT2D eigenvalue weighted by atomic mass is 10.0. The number of aromatic nitrogens is 2. The highest BCUT2D eigenvalue weighted by molar-refractivity contribution is 6.34. The van der Waals surface area contributed by atoms with Crippen molar-refractivity contribution in [2.75, 3.05) is 17.8 Å². The molecule has 0 saturated carbocycles. The topological polar surface area (TPSA) is 144 Å². The molecule has 2 amide bonds. The molecule has 3 heterocycles. The van der Waals surface area contributed by atoms with E-state index in [0.29, 0.717) is 51.1 Å². The molecule has 36 heavy (non-hydrogen) atoms. The molecule has 5 N–H and O–H groups in total. The molecule has 0 radical (unpaired) electrons. The van der Waals surface area contributed by atoms with E-state index in [1.54, 1.807) is 53.2 Å². The fourth-order valence-corrected chi connectivity index (χ4v) is 4.45. The van der Waals surface area contributed by atoms with Gasteiger partial charge in [-0.2, -0.15) is 5.10 Å². The van der Waals surface area contributed by atoms with Gasteiger partial charge < -0.3 is 31.0 Å². The van der Waals surface area contributed by atoms with Crippen molar-refractivity contribution in [1.29, 1.82) is 0 Å². The van der Waals surface area contributed by atoms with Crippen LogP contribution in [-0.2, 0) is 6.61 Å². The standard InChI is InChI=1S/C25H18ClN5O5/c26-18-4-1-12(27)7-15(18)25(33)29-13-2-5-19-16(8-13)23-17(10-34-19)22(24(28)32)30-31(23)14-3-6-20-21(9-14)36-11-35-20/h1-9H,10-11,27H2,(H2,28,32)(H,29,33). The van der Waals surface area contributed by atoms with Gasteiger partial charge in [-0.05, 0) is 48.5 Å². The molecule has 0 bridgehead atoms. The van der Waals surface area contributed by atoms with Crippen molar-refractivity contribution >= 4 is 34.8 Å². The fourth-order valence-electron chi connectivity index (χ4n) is 4.25. The number of anilines is 2. The maximum atomic E-state index is 12.9. The van der Waals surface area contributed by atoms with Crippen LogP contribution in [0.25, 0.3) is 16.9 Å². The number of fused-ring (bicyclic) bond motifs is 4. The first kappa shape index (κ1) is 21.8. The number of amides is 2. The summed E-state index contributed by atoms with van der Waals surface area (Å²) >= 11 is 6.19. The van der Waals surface area contributed by atoms with E-state index in [2.05, 4.69) is 10.4 Å². The smallest absolute Gasteiger partial charge is 0.269 e. The summed E-state index contributed by atoms with van der Waals surface area (Å²) in [7, 11) is 0. The molecule has 0 aliphatic carbocycles. The van der Waals surface area contributed by atoms with E-state index in [1.807, 2.05) is 0 Å². The second-order valence-corrected chi connectivity index (χ2v) is 8.59. The van der Waals surface area contributed by atoms with Crippen LogP contribution in [0, 0.1) is 0 Å². The van der Waals surface area contributed by atoms with Crippen molar-refractivity contribution in [3.63, 3.8) is 0 Å². The van der Waals surface area contributed by atoms with Crippen LogP contribution in [0.2, 0.25) is 5.02 Å². The zero-order valence-electron chi connectivity index (χ0n) is 18.6. The lowest BCUT2D eigenvalue weighted by molar-refractivity contribution is 0.0990. The summed E-state index contributed by atoms with van der Waals surface area (Å²) in [5, 5.41) is 7.61. The van der Waals surface area contributed by atoms with Gasteiger partial charge >= 0.3 is 0 Å². The second-order valence-electron chi connectivity index (χ2n) is 8.18. The third kappa shape index (κ3) is 3.55. The van der Waals surface area contributed by atoms with Gasteiger partial charge in [-0.3, -0.25) is 9.59 Å². The first-order chi connectivity index (χ1) is 17.4. The summed E-state index contributed by atoms with van der Waals surface area (Å²) in [6.45, 7) is 0.231. The number of nitrogens with zero attached hydrogens (tertiary/aromatic N) is 2. The third-order valence-corrected chi connectivity index (χ3v) is 6.25. The summed E-state index contributed by atoms with van der Waals surface area (Å²) < 4.78 is 18.4. The summed E-state index contributed by atoms with van der Waals surface area (Å²) in [4.78, 5) is 25.1. The van der Waals surface area contributed by atoms with Crippen molar-refractivity contribution < 1.29 is 23.8 Å². The van der Waals surface area contributed by atoms with Crippen LogP contribution in [0.1, 0.15) is 26.4 Å². The van der Waals surface area contributed by atoms with E-state index in [9.17, 15) is 9.59 Å². The number of ether oxygens (including phenoxy) is 3. The van der Waals surface area contributed by atoms with Crippen LogP contribution in [0.5, 0.6) is 17.2 Å². The molecule has 6 rings (SSSR count). The molecule has 10 nitrogen and oxygen atoms in total. The van der Waals surface area contributed by atoms with Crippen LogP contribution >= 0.6 is 11.6 Å². The number of primary amides is 1. The fraction of sp³-hybridized carbons (Fsp3) is 0.0800. The maximum Gasteiger partial charge on any atom is 0.269 e. The van der Waals surface area contributed by atoms with Crippen molar-refractivity contribution in [3.05, 3.63) is 76.4 Å². The normalized spacial score (nSPS) is 12.9. The molecule has 180 valence electrons. The van der Waals surface area contributed by atoms with Gasteiger partial charge in [0.1, 0.15) is 12.4 Å². The summed E-state index contributed by atoms with van der Waals surface area (Å²) in [6, 6.07) is 15.2. The number of halogens is 1. The predicted molar refractivity (Wildman–Crippen MR) is 132 cm³/mol. The number of nitrogens with two attached hydrogens (primary N) is 2. The van der Waals surface area contributed by atoms with Gasteiger partial charge in [0.25, 0.3) is 11.8 Å². The average Bonchev–Trinajstić information content (AvgIpc) is 3.50. The minimum Gasteiger partial charge on any atom is -0.488 e. The van der Waals surface area contributed by atoms with Crippen molar-refractivity contribution in [2.45, 2.75) is 6.61 Å². The average molecular weight is 504 g/mol.